The SMILES string of the molecule is O=C(OC(Br)(Br)Br)c1cc(C(=O)OC(Br)(Br)Br)c(S)c(C(=O)OC(Br)(Br)Br)c1. The smallest absolute Gasteiger partial charge is 0.342 e. The van der Waals surface area contributed by atoms with E-state index in [0.29, 0.717) is 0 Å². The Morgan fingerprint density at radius 2 is 0.929 bits per heavy atom. The number of carbonyl (C=O) groups is 3. The summed E-state index contributed by atoms with van der Waals surface area (Å²) in [7, 11) is 0. The first-order valence-electron chi connectivity index (χ1n) is 6.17. The molecule has 0 atom stereocenters. The molecule has 0 saturated heterocycles. The van der Waals surface area contributed by atoms with Crippen LogP contribution in [-0.4, -0.2) is 24.9 Å². The van der Waals surface area contributed by atoms with Crippen molar-refractivity contribution in [2.24, 2.45) is 0 Å². The molecule has 16 heteroatoms. The number of carbonyl (C=O) groups excluding carboxylic acids is 3. The number of hydrogen-bond acceptors (Lipinski definition) is 7. The molecule has 0 aliphatic carbocycles. The van der Waals surface area contributed by atoms with Crippen LogP contribution in [0.3, 0.4) is 0 Å². The molecule has 0 bridgehead atoms. The maximum absolute atomic E-state index is 12.5. The van der Waals surface area contributed by atoms with Crippen LogP contribution in [0.2, 0.25) is 0 Å². The third kappa shape index (κ3) is 10.3. The molecular weight excluding hydrogens is 991 g/mol. The Hall–Kier alpha value is 2.30. The molecule has 0 spiro atoms. The second-order valence-corrected chi connectivity index (χ2v) is 24.5. The molecule has 156 valence electrons. The van der Waals surface area contributed by atoms with Gasteiger partial charge in [0.1, 0.15) is 0 Å². The van der Waals surface area contributed by atoms with Crippen molar-refractivity contribution in [3.63, 3.8) is 0 Å². The van der Waals surface area contributed by atoms with Gasteiger partial charge < -0.3 is 14.2 Å². The average Bonchev–Trinajstić information content (AvgIpc) is 2.41. The van der Waals surface area contributed by atoms with Crippen LogP contribution in [-0.2, 0) is 14.2 Å². The van der Waals surface area contributed by atoms with Crippen molar-refractivity contribution >= 4 is 174 Å². The van der Waals surface area contributed by atoms with Gasteiger partial charge in [-0.25, -0.2) is 14.4 Å². The van der Waals surface area contributed by atoms with Gasteiger partial charge in [0.25, 0.3) is 6.99 Å². The van der Waals surface area contributed by atoms with Gasteiger partial charge in [0.15, 0.2) is 0 Å². The van der Waals surface area contributed by atoms with Gasteiger partial charge in [0.2, 0.25) is 0 Å². The highest BCUT2D eigenvalue weighted by Crippen LogP contribution is 2.39. The minimum Gasteiger partial charge on any atom is -0.423 e. The molecule has 0 heterocycles. The summed E-state index contributed by atoms with van der Waals surface area (Å²) in [5, 5.41) is 0. The molecule has 1 aromatic carbocycles. The first-order chi connectivity index (χ1) is 12.4. The number of halogens is 9. The zero-order valence-electron chi connectivity index (χ0n) is 12.5. The van der Waals surface area contributed by atoms with Crippen molar-refractivity contribution in [3.05, 3.63) is 28.8 Å². The largest absolute Gasteiger partial charge is 0.423 e. The van der Waals surface area contributed by atoms with Crippen LogP contribution >= 0.6 is 156 Å². The average molecular weight is 994 g/mol. The summed E-state index contributed by atoms with van der Waals surface area (Å²) in [6, 6.07) is 2.32. The Morgan fingerprint density at radius 3 is 1.21 bits per heavy atom. The summed E-state index contributed by atoms with van der Waals surface area (Å²) >= 11 is 31.4. The van der Waals surface area contributed by atoms with Crippen molar-refractivity contribution in [3.8, 4) is 0 Å². The molecule has 0 fully saturated rings. The standard InChI is InChI=1S/C12H3Br9O6S/c13-10(14,15)25-7(22)3-1-4(8(23)26-11(16,17)18)6(28)5(2-3)9(24)27-12(19,20)21/h1-2,28H. The van der Waals surface area contributed by atoms with E-state index in [-0.39, 0.29) is 21.6 Å². The predicted molar refractivity (Wildman–Crippen MR) is 138 cm³/mol. The minimum atomic E-state index is -1.37. The van der Waals surface area contributed by atoms with Crippen LogP contribution in [0, 0.1) is 0 Å². The topological polar surface area (TPSA) is 78.9 Å². The molecule has 0 radical (unpaired) electrons. The molecule has 1 aromatic rings. The fourth-order valence-corrected chi connectivity index (χ4v) is 3.18. The molecule has 6 nitrogen and oxygen atoms in total. The van der Waals surface area contributed by atoms with E-state index in [1.54, 1.807) is 0 Å². The van der Waals surface area contributed by atoms with Crippen LogP contribution in [0.25, 0.3) is 0 Å². The lowest BCUT2D eigenvalue weighted by Crippen LogP contribution is -2.21. The number of ether oxygens (including phenoxy) is 3. The summed E-state index contributed by atoms with van der Waals surface area (Å²) in [6.07, 6.45) is 0. The molecule has 0 amide bonds. The van der Waals surface area contributed by atoms with Gasteiger partial charge in [0.05, 0.1) is 16.7 Å². The highest BCUT2D eigenvalue weighted by molar-refractivity contribution is 9.40. The monoisotopic (exact) mass is 985 g/mol. The lowest BCUT2D eigenvalue weighted by atomic mass is 10.1. The Bertz CT molecular complexity index is 747. The molecule has 0 N–H and O–H groups in total. The fraction of sp³-hybridized carbons (Fsp3) is 0.250. The predicted octanol–water partition coefficient (Wildman–Crippen LogP) is 7.83. The van der Waals surface area contributed by atoms with E-state index >= 15 is 0 Å². The number of benzene rings is 1. The molecular formula is C12H3Br9O6S. The minimum absolute atomic E-state index is 0.0807. The summed E-state index contributed by atoms with van der Waals surface area (Å²) in [6.45, 7) is 0. The van der Waals surface area contributed by atoms with E-state index < -0.39 is 24.9 Å². The van der Waals surface area contributed by atoms with E-state index in [2.05, 4.69) is 156 Å². The number of alkyl halides is 9. The summed E-state index contributed by atoms with van der Waals surface area (Å²) in [5.74, 6) is -2.71. The summed E-state index contributed by atoms with van der Waals surface area (Å²) < 4.78 is 11.1. The summed E-state index contributed by atoms with van der Waals surface area (Å²) in [5.41, 5.74) is -0.532. The second-order valence-electron chi connectivity index (χ2n) is 4.43. The fourth-order valence-electron chi connectivity index (χ4n) is 1.55. The van der Waals surface area contributed by atoms with Crippen LogP contribution < -0.4 is 0 Å². The number of esters is 3. The van der Waals surface area contributed by atoms with Crippen molar-refractivity contribution in [1.29, 1.82) is 0 Å². The highest BCUT2D eigenvalue weighted by atomic mass is 80.0. The van der Waals surface area contributed by atoms with Gasteiger partial charge in [-0.3, -0.25) is 0 Å². The van der Waals surface area contributed by atoms with Crippen molar-refractivity contribution in [1.82, 2.24) is 0 Å². The van der Waals surface area contributed by atoms with Crippen molar-refractivity contribution in [2.45, 2.75) is 11.9 Å². The molecule has 0 aliphatic heterocycles. The maximum atomic E-state index is 12.5. The number of hydrogen-bond donors (Lipinski definition) is 1. The number of thiol groups is 1. The number of rotatable bonds is 3. The lowest BCUT2D eigenvalue weighted by Gasteiger charge is -2.19. The molecule has 1 rings (SSSR count). The van der Waals surface area contributed by atoms with E-state index in [4.69, 9.17) is 14.2 Å². The van der Waals surface area contributed by atoms with Crippen LogP contribution in [0.1, 0.15) is 31.1 Å². The van der Waals surface area contributed by atoms with Crippen LogP contribution in [0.5, 0.6) is 0 Å². The van der Waals surface area contributed by atoms with Crippen LogP contribution in [0.4, 0.5) is 0 Å². The maximum Gasteiger partial charge on any atom is 0.342 e. The normalized spacial score (nSPS) is 12.4. The van der Waals surface area contributed by atoms with Crippen LogP contribution in [0.15, 0.2) is 17.0 Å². The molecule has 28 heavy (non-hydrogen) atoms. The Morgan fingerprint density at radius 1 is 0.643 bits per heavy atom. The Kier molecular flexibility index (Phi) is 11.1. The molecule has 0 aromatic heterocycles. The zero-order chi connectivity index (χ0) is 22.1. The molecule has 0 unspecified atom stereocenters. The van der Waals surface area contributed by atoms with E-state index in [1.807, 2.05) is 0 Å². The third-order valence-electron chi connectivity index (χ3n) is 2.41. The molecule has 0 aliphatic rings. The van der Waals surface area contributed by atoms with Gasteiger partial charge >= 0.3 is 17.9 Å². The van der Waals surface area contributed by atoms with Crippen molar-refractivity contribution in [2.75, 3.05) is 0 Å². The first kappa shape index (κ1) is 28.3. The quantitative estimate of drug-likeness (QED) is 0.144. The summed E-state index contributed by atoms with van der Waals surface area (Å²) in [4.78, 5) is 37.3. The third-order valence-corrected chi connectivity index (χ3v) is 4.35. The Balaban J connectivity index is 3.52. The molecule has 0 saturated carbocycles. The zero-order valence-corrected chi connectivity index (χ0v) is 27.6. The van der Waals surface area contributed by atoms with E-state index in [9.17, 15) is 14.4 Å². The first-order valence-corrected chi connectivity index (χ1v) is 13.8. The van der Waals surface area contributed by atoms with Gasteiger partial charge in [-0.1, -0.05) is 0 Å². The van der Waals surface area contributed by atoms with Crippen molar-refractivity contribution < 1.29 is 28.6 Å². The van der Waals surface area contributed by atoms with Gasteiger partial charge in [-0.2, -0.15) is 0 Å². The van der Waals surface area contributed by atoms with Gasteiger partial charge in [0, 0.05) is 4.90 Å². The highest BCUT2D eigenvalue weighted by Gasteiger charge is 2.32. The Labute approximate surface area is 239 Å². The van der Waals surface area contributed by atoms with Gasteiger partial charge in [-0.05, 0) is 156 Å². The van der Waals surface area contributed by atoms with E-state index in [0.717, 1.165) is 12.1 Å². The lowest BCUT2D eigenvalue weighted by molar-refractivity contribution is 0.0527. The second kappa shape index (κ2) is 10.9. The van der Waals surface area contributed by atoms with E-state index in [1.165, 1.54) is 0 Å². The van der Waals surface area contributed by atoms with Gasteiger partial charge in [-0.15, -0.1) is 12.6 Å².